The van der Waals surface area contributed by atoms with Crippen molar-refractivity contribution in [2.75, 3.05) is 5.32 Å². The number of carbonyl (C=O) groups is 1. The first-order chi connectivity index (χ1) is 11.4. The van der Waals surface area contributed by atoms with Gasteiger partial charge in [-0.15, -0.1) is 0 Å². The molecule has 6 heteroatoms. The summed E-state index contributed by atoms with van der Waals surface area (Å²) in [5.74, 6) is 0.230. The van der Waals surface area contributed by atoms with Crippen molar-refractivity contribution in [3.8, 4) is 5.69 Å². The Labute approximate surface area is 150 Å². The predicted octanol–water partition coefficient (Wildman–Crippen LogP) is 5.05. The van der Waals surface area contributed by atoms with Crippen molar-refractivity contribution >= 4 is 34.9 Å². The Bertz CT molecular complexity index is 901. The maximum absolute atomic E-state index is 12.5. The molecule has 0 saturated carbocycles. The second-order valence-corrected chi connectivity index (χ2v) is 6.34. The Kier molecular flexibility index (Phi) is 4.60. The summed E-state index contributed by atoms with van der Waals surface area (Å²) in [6.45, 7) is 3.88. The smallest absolute Gasteiger partial charge is 0.258 e. The van der Waals surface area contributed by atoms with Crippen LogP contribution in [0.3, 0.4) is 0 Å². The van der Waals surface area contributed by atoms with Crippen LogP contribution >= 0.6 is 23.2 Å². The molecule has 0 spiro atoms. The van der Waals surface area contributed by atoms with Gasteiger partial charge in [-0.1, -0.05) is 40.9 Å². The fourth-order valence-corrected chi connectivity index (χ4v) is 2.70. The molecular weight excluding hydrogens is 345 g/mol. The Balaban J connectivity index is 1.94. The van der Waals surface area contributed by atoms with E-state index in [0.29, 0.717) is 21.4 Å². The Morgan fingerprint density at radius 3 is 2.46 bits per heavy atom. The van der Waals surface area contributed by atoms with Gasteiger partial charge < -0.3 is 5.32 Å². The lowest BCUT2D eigenvalue weighted by molar-refractivity contribution is 0.102. The molecule has 0 aliphatic carbocycles. The highest BCUT2D eigenvalue weighted by atomic mass is 35.5. The van der Waals surface area contributed by atoms with Crippen molar-refractivity contribution < 1.29 is 4.79 Å². The number of hydrogen-bond acceptors (Lipinski definition) is 2. The molecule has 0 aliphatic heterocycles. The van der Waals surface area contributed by atoms with E-state index in [-0.39, 0.29) is 5.91 Å². The monoisotopic (exact) mass is 359 g/mol. The summed E-state index contributed by atoms with van der Waals surface area (Å²) in [4.78, 5) is 12.5. The second-order valence-electron chi connectivity index (χ2n) is 5.50. The van der Waals surface area contributed by atoms with Crippen molar-refractivity contribution in [3.63, 3.8) is 0 Å². The molecule has 4 nitrogen and oxygen atoms in total. The molecule has 0 bridgehead atoms. The van der Waals surface area contributed by atoms with Crippen molar-refractivity contribution in [2.24, 2.45) is 0 Å². The van der Waals surface area contributed by atoms with Crippen LogP contribution in [0.2, 0.25) is 10.0 Å². The number of aryl methyl sites for hydroxylation is 2. The molecule has 1 aromatic heterocycles. The van der Waals surface area contributed by atoms with E-state index in [4.69, 9.17) is 23.2 Å². The molecule has 0 aliphatic rings. The Morgan fingerprint density at radius 1 is 1.04 bits per heavy atom. The van der Waals surface area contributed by atoms with Crippen LogP contribution in [0.5, 0.6) is 0 Å². The highest BCUT2D eigenvalue weighted by Gasteiger charge is 2.15. The maximum atomic E-state index is 12.5. The summed E-state index contributed by atoms with van der Waals surface area (Å²) < 4.78 is 1.69. The van der Waals surface area contributed by atoms with E-state index in [1.165, 1.54) is 0 Å². The third-order valence-electron chi connectivity index (χ3n) is 3.52. The maximum Gasteiger partial charge on any atom is 0.258 e. The number of aromatic nitrogens is 2. The van der Waals surface area contributed by atoms with Gasteiger partial charge in [-0.2, -0.15) is 5.10 Å². The summed E-state index contributed by atoms with van der Waals surface area (Å²) >= 11 is 12.0. The summed E-state index contributed by atoms with van der Waals surface area (Å²) in [6, 6.07) is 14.5. The van der Waals surface area contributed by atoms with Crippen molar-refractivity contribution in [2.45, 2.75) is 13.8 Å². The molecule has 1 amide bonds. The zero-order valence-electron chi connectivity index (χ0n) is 13.2. The molecule has 3 aromatic rings. The number of hydrogen-bond donors (Lipinski definition) is 1. The average Bonchev–Trinajstić information content (AvgIpc) is 2.91. The van der Waals surface area contributed by atoms with E-state index in [1.54, 1.807) is 28.9 Å². The zero-order valence-corrected chi connectivity index (χ0v) is 14.7. The second kappa shape index (κ2) is 6.67. The number of rotatable bonds is 3. The number of anilines is 1. The van der Waals surface area contributed by atoms with Crippen molar-refractivity contribution in [1.82, 2.24) is 9.78 Å². The van der Waals surface area contributed by atoms with Crippen LogP contribution in [0.15, 0.2) is 48.5 Å². The third kappa shape index (κ3) is 3.45. The number of halogens is 2. The minimum Gasteiger partial charge on any atom is -0.306 e. The Morgan fingerprint density at radius 2 is 1.75 bits per heavy atom. The van der Waals surface area contributed by atoms with E-state index < -0.39 is 0 Å². The lowest BCUT2D eigenvalue weighted by atomic mass is 10.2. The van der Waals surface area contributed by atoms with E-state index in [0.717, 1.165) is 16.9 Å². The van der Waals surface area contributed by atoms with Crippen LogP contribution in [-0.2, 0) is 0 Å². The topological polar surface area (TPSA) is 46.9 Å². The minimum absolute atomic E-state index is 0.318. The number of benzene rings is 2. The van der Waals surface area contributed by atoms with Crippen LogP contribution in [0.25, 0.3) is 5.69 Å². The third-order valence-corrected chi connectivity index (χ3v) is 4.09. The summed E-state index contributed by atoms with van der Waals surface area (Å²) in [5.41, 5.74) is 3.13. The minimum atomic E-state index is -0.337. The lowest BCUT2D eigenvalue weighted by Crippen LogP contribution is -2.15. The van der Waals surface area contributed by atoms with E-state index in [1.807, 2.05) is 38.1 Å². The van der Waals surface area contributed by atoms with Crippen molar-refractivity contribution in [1.29, 1.82) is 0 Å². The first kappa shape index (κ1) is 16.6. The van der Waals surface area contributed by atoms with Gasteiger partial charge in [0.1, 0.15) is 5.82 Å². The normalized spacial score (nSPS) is 10.7. The molecule has 0 atom stereocenters. The zero-order chi connectivity index (χ0) is 17.3. The number of carbonyl (C=O) groups excluding carboxylic acids is 1. The SMILES string of the molecule is Cc1ccc(-n2nc(C)cc2NC(=O)c2cc(Cl)ccc2Cl)cc1. The van der Waals surface area contributed by atoms with E-state index in [2.05, 4.69) is 10.4 Å². The van der Waals surface area contributed by atoms with Crippen LogP contribution in [-0.4, -0.2) is 15.7 Å². The quantitative estimate of drug-likeness (QED) is 0.711. The first-order valence-electron chi connectivity index (χ1n) is 7.34. The van der Waals surface area contributed by atoms with Gasteiger partial charge in [-0.25, -0.2) is 4.68 Å². The van der Waals surface area contributed by atoms with Gasteiger partial charge in [0.25, 0.3) is 5.91 Å². The summed E-state index contributed by atoms with van der Waals surface area (Å²) in [5, 5.41) is 8.08. The molecule has 1 heterocycles. The van der Waals surface area contributed by atoms with Gasteiger partial charge in [0.15, 0.2) is 0 Å². The van der Waals surface area contributed by atoms with Gasteiger partial charge in [-0.3, -0.25) is 4.79 Å². The molecule has 24 heavy (non-hydrogen) atoms. The Hall–Kier alpha value is -2.30. The largest absolute Gasteiger partial charge is 0.306 e. The molecule has 0 radical (unpaired) electrons. The predicted molar refractivity (Wildman–Crippen MR) is 97.5 cm³/mol. The number of nitrogens with one attached hydrogen (secondary N) is 1. The van der Waals surface area contributed by atoms with E-state index >= 15 is 0 Å². The molecule has 122 valence electrons. The highest BCUT2D eigenvalue weighted by molar-refractivity contribution is 6.36. The van der Waals surface area contributed by atoms with Gasteiger partial charge in [0.05, 0.1) is 22.0 Å². The van der Waals surface area contributed by atoms with E-state index in [9.17, 15) is 4.79 Å². The van der Waals surface area contributed by atoms with Crippen molar-refractivity contribution in [3.05, 3.63) is 75.4 Å². The highest BCUT2D eigenvalue weighted by Crippen LogP contribution is 2.23. The molecule has 2 aromatic carbocycles. The van der Waals surface area contributed by atoms with Gasteiger partial charge in [0.2, 0.25) is 0 Å². The van der Waals surface area contributed by atoms with Crippen LogP contribution in [0.1, 0.15) is 21.6 Å². The number of amides is 1. The first-order valence-corrected chi connectivity index (χ1v) is 8.10. The molecular formula is C18H15Cl2N3O. The standard InChI is InChI=1S/C18H15Cl2N3O/c1-11-3-6-14(7-4-11)23-17(9-12(2)22-23)21-18(24)15-10-13(19)5-8-16(15)20/h3-10H,1-2H3,(H,21,24). The molecule has 0 unspecified atom stereocenters. The summed E-state index contributed by atoms with van der Waals surface area (Å²) in [6.07, 6.45) is 0. The molecule has 3 rings (SSSR count). The van der Waals surface area contributed by atoms with Gasteiger partial charge in [-0.05, 0) is 44.2 Å². The molecule has 0 saturated heterocycles. The van der Waals surface area contributed by atoms with Gasteiger partial charge >= 0.3 is 0 Å². The molecule has 0 fully saturated rings. The lowest BCUT2D eigenvalue weighted by Gasteiger charge is -2.10. The van der Waals surface area contributed by atoms with Gasteiger partial charge in [0, 0.05) is 11.1 Å². The van der Waals surface area contributed by atoms with Crippen LogP contribution in [0, 0.1) is 13.8 Å². The fraction of sp³-hybridized carbons (Fsp3) is 0.111. The number of nitrogens with zero attached hydrogens (tertiary/aromatic N) is 2. The van der Waals surface area contributed by atoms with Crippen LogP contribution in [0.4, 0.5) is 5.82 Å². The molecule has 1 N–H and O–H groups in total. The van der Waals surface area contributed by atoms with Crippen LogP contribution < -0.4 is 5.32 Å². The summed E-state index contributed by atoms with van der Waals surface area (Å²) in [7, 11) is 0. The average molecular weight is 360 g/mol. The fourth-order valence-electron chi connectivity index (χ4n) is 2.33.